The highest BCUT2D eigenvalue weighted by molar-refractivity contribution is 9.10. The molecule has 0 aliphatic heterocycles. The number of hydrogen-bond donors (Lipinski definition) is 2. The van der Waals surface area contributed by atoms with Crippen molar-refractivity contribution < 1.29 is 4.79 Å². The molecule has 1 amide bonds. The second-order valence-electron chi connectivity index (χ2n) is 5.29. The second-order valence-corrected chi connectivity index (χ2v) is 7.81. The molecule has 0 bridgehead atoms. The molecule has 3 nitrogen and oxygen atoms in total. The first-order valence-corrected chi connectivity index (χ1v) is 9.64. The fraction of sp³-hybridized carbons (Fsp3) is 0. The quantitative estimate of drug-likeness (QED) is 0.395. The predicted octanol–water partition coefficient (Wildman–Crippen LogP) is 6.69. The van der Waals surface area contributed by atoms with Gasteiger partial charge in [0.05, 0.1) is 15.7 Å². The third-order valence-corrected chi connectivity index (χ3v) is 5.30. The minimum atomic E-state index is -0.340. The fourth-order valence-corrected chi connectivity index (χ4v) is 4.05. The van der Waals surface area contributed by atoms with Crippen molar-refractivity contribution in [2.45, 2.75) is 0 Å². The Kier molecular flexibility index (Phi) is 6.05. The maximum Gasteiger partial charge on any atom is 0.258 e. The number of carbonyl (C=O) groups is 1. The maximum atomic E-state index is 12.7. The van der Waals surface area contributed by atoms with Gasteiger partial charge in [0.25, 0.3) is 5.91 Å². The van der Waals surface area contributed by atoms with Crippen LogP contribution in [0.15, 0.2) is 53.0 Å². The normalized spacial score (nSPS) is 10.6. The molecule has 0 heterocycles. The van der Waals surface area contributed by atoms with Gasteiger partial charge in [-0.05, 0) is 47.3 Å². The van der Waals surface area contributed by atoms with E-state index in [4.69, 9.17) is 47.0 Å². The summed E-state index contributed by atoms with van der Waals surface area (Å²) in [6.45, 7) is 0. The zero-order chi connectivity index (χ0) is 18.8. The van der Waals surface area contributed by atoms with E-state index in [1.807, 2.05) is 30.3 Å². The van der Waals surface area contributed by atoms with Crippen LogP contribution in [-0.2, 0) is 0 Å². The number of nitrogens with one attached hydrogen (secondary N) is 2. The van der Waals surface area contributed by atoms with Gasteiger partial charge in [-0.15, -0.1) is 0 Å². The standard InChI is InChI=1S/C18H10BrCl3N2OS/c19-13-6-2-3-10-11(13)4-1-5-12(10)17(25)24-18(26)23-16-14(21)7-9(20)8-15(16)22/h1-8H,(H2,23,24,25,26). The first-order valence-electron chi connectivity index (χ1n) is 7.31. The Balaban J connectivity index is 1.83. The van der Waals surface area contributed by atoms with Gasteiger partial charge in [0, 0.05) is 15.1 Å². The SMILES string of the molecule is O=C(NC(=S)Nc1c(Cl)cc(Cl)cc1Cl)c1cccc2c(Br)cccc12. The number of hydrogen-bond acceptors (Lipinski definition) is 2. The molecule has 0 aliphatic carbocycles. The lowest BCUT2D eigenvalue weighted by Crippen LogP contribution is -2.34. The molecular formula is C18H10BrCl3N2OS. The summed E-state index contributed by atoms with van der Waals surface area (Å²) >= 11 is 26.8. The van der Waals surface area contributed by atoms with Crippen LogP contribution in [-0.4, -0.2) is 11.0 Å². The van der Waals surface area contributed by atoms with E-state index < -0.39 is 0 Å². The number of halogens is 4. The Morgan fingerprint density at radius 2 is 1.58 bits per heavy atom. The predicted molar refractivity (Wildman–Crippen MR) is 117 cm³/mol. The molecule has 0 spiro atoms. The highest BCUT2D eigenvalue weighted by Gasteiger charge is 2.14. The zero-order valence-corrected chi connectivity index (χ0v) is 17.6. The van der Waals surface area contributed by atoms with E-state index in [1.165, 1.54) is 12.1 Å². The van der Waals surface area contributed by atoms with E-state index in [-0.39, 0.29) is 11.0 Å². The van der Waals surface area contributed by atoms with Gasteiger partial charge < -0.3 is 5.32 Å². The van der Waals surface area contributed by atoms with Gasteiger partial charge in [-0.3, -0.25) is 10.1 Å². The molecule has 0 radical (unpaired) electrons. The first-order chi connectivity index (χ1) is 12.4. The zero-order valence-electron chi connectivity index (χ0n) is 12.9. The minimum Gasteiger partial charge on any atom is -0.330 e. The monoisotopic (exact) mass is 486 g/mol. The van der Waals surface area contributed by atoms with Gasteiger partial charge in [-0.1, -0.05) is 75.0 Å². The van der Waals surface area contributed by atoms with Crippen LogP contribution in [0.25, 0.3) is 10.8 Å². The van der Waals surface area contributed by atoms with Gasteiger partial charge in [0.15, 0.2) is 5.11 Å². The third kappa shape index (κ3) is 4.13. The largest absolute Gasteiger partial charge is 0.330 e. The molecule has 0 saturated carbocycles. The molecule has 3 rings (SSSR count). The maximum absolute atomic E-state index is 12.7. The summed E-state index contributed by atoms with van der Waals surface area (Å²) < 4.78 is 0.907. The third-order valence-electron chi connectivity index (χ3n) is 3.59. The van der Waals surface area contributed by atoms with Crippen molar-refractivity contribution in [1.29, 1.82) is 0 Å². The van der Waals surface area contributed by atoms with Gasteiger partial charge in [-0.2, -0.15) is 0 Å². The fourth-order valence-electron chi connectivity index (χ4n) is 2.45. The van der Waals surface area contributed by atoms with Crippen molar-refractivity contribution in [3.8, 4) is 0 Å². The van der Waals surface area contributed by atoms with E-state index in [0.717, 1.165) is 15.2 Å². The van der Waals surface area contributed by atoms with Crippen LogP contribution in [0.2, 0.25) is 15.1 Å². The highest BCUT2D eigenvalue weighted by atomic mass is 79.9. The van der Waals surface area contributed by atoms with Crippen LogP contribution >= 0.6 is 63.0 Å². The number of thiocarbonyl (C=S) groups is 1. The van der Waals surface area contributed by atoms with E-state index in [1.54, 1.807) is 6.07 Å². The molecule has 0 aliphatic rings. The molecule has 3 aromatic carbocycles. The molecule has 0 fully saturated rings. The number of amides is 1. The average Bonchev–Trinajstić information content (AvgIpc) is 2.58. The van der Waals surface area contributed by atoms with Crippen molar-refractivity contribution in [2.24, 2.45) is 0 Å². The minimum absolute atomic E-state index is 0.0770. The van der Waals surface area contributed by atoms with Crippen molar-refractivity contribution in [3.05, 3.63) is 73.6 Å². The van der Waals surface area contributed by atoms with Crippen molar-refractivity contribution in [2.75, 3.05) is 5.32 Å². The lowest BCUT2D eigenvalue weighted by Gasteiger charge is -2.13. The molecular weight excluding hydrogens is 479 g/mol. The Hall–Kier alpha value is -1.37. The Bertz CT molecular complexity index is 1020. The number of benzene rings is 3. The van der Waals surface area contributed by atoms with Crippen LogP contribution < -0.4 is 10.6 Å². The summed E-state index contributed by atoms with van der Waals surface area (Å²) in [7, 11) is 0. The Morgan fingerprint density at radius 1 is 0.962 bits per heavy atom. The summed E-state index contributed by atoms with van der Waals surface area (Å²) in [5.74, 6) is -0.340. The van der Waals surface area contributed by atoms with Gasteiger partial charge in [0.2, 0.25) is 0 Å². The van der Waals surface area contributed by atoms with Crippen LogP contribution in [0.4, 0.5) is 5.69 Å². The van der Waals surface area contributed by atoms with E-state index in [9.17, 15) is 4.79 Å². The smallest absolute Gasteiger partial charge is 0.258 e. The summed E-state index contributed by atoms with van der Waals surface area (Å²) in [6.07, 6.45) is 0. The number of anilines is 1. The van der Waals surface area contributed by atoms with E-state index in [0.29, 0.717) is 26.3 Å². The summed E-state index contributed by atoms with van der Waals surface area (Å²) in [6, 6.07) is 14.2. The molecule has 26 heavy (non-hydrogen) atoms. The molecule has 2 N–H and O–H groups in total. The molecule has 0 atom stereocenters. The number of fused-ring (bicyclic) bond motifs is 1. The first kappa shape index (κ1) is 19.4. The topological polar surface area (TPSA) is 41.1 Å². The van der Waals surface area contributed by atoms with E-state index in [2.05, 4.69) is 26.6 Å². The van der Waals surface area contributed by atoms with Crippen molar-refractivity contribution >= 4 is 90.4 Å². The molecule has 0 saturated heterocycles. The van der Waals surface area contributed by atoms with Crippen LogP contribution in [0.3, 0.4) is 0 Å². The van der Waals surface area contributed by atoms with Crippen LogP contribution in [0, 0.1) is 0 Å². The van der Waals surface area contributed by atoms with Crippen LogP contribution in [0.1, 0.15) is 10.4 Å². The molecule has 0 unspecified atom stereocenters. The molecule has 0 aromatic heterocycles. The number of rotatable bonds is 2. The van der Waals surface area contributed by atoms with Crippen molar-refractivity contribution in [3.63, 3.8) is 0 Å². The second kappa shape index (κ2) is 8.11. The lowest BCUT2D eigenvalue weighted by molar-refractivity contribution is 0.0979. The lowest BCUT2D eigenvalue weighted by atomic mass is 10.0. The highest BCUT2D eigenvalue weighted by Crippen LogP contribution is 2.33. The summed E-state index contributed by atoms with van der Waals surface area (Å²) in [5, 5.41) is 8.30. The van der Waals surface area contributed by atoms with E-state index >= 15 is 0 Å². The van der Waals surface area contributed by atoms with Gasteiger partial charge >= 0.3 is 0 Å². The Labute approximate surface area is 178 Å². The van der Waals surface area contributed by atoms with Crippen molar-refractivity contribution in [1.82, 2.24) is 5.32 Å². The number of carbonyl (C=O) groups excluding carboxylic acids is 1. The van der Waals surface area contributed by atoms with Gasteiger partial charge in [0.1, 0.15) is 0 Å². The summed E-state index contributed by atoms with van der Waals surface area (Å²) in [5.41, 5.74) is 0.880. The Morgan fingerprint density at radius 3 is 2.27 bits per heavy atom. The molecule has 132 valence electrons. The summed E-state index contributed by atoms with van der Waals surface area (Å²) in [4.78, 5) is 12.7. The van der Waals surface area contributed by atoms with Crippen LogP contribution in [0.5, 0.6) is 0 Å². The average molecular weight is 489 g/mol. The molecule has 3 aromatic rings. The molecule has 8 heteroatoms. The van der Waals surface area contributed by atoms with Gasteiger partial charge in [-0.25, -0.2) is 0 Å².